The maximum atomic E-state index is 2.94. The van der Waals surface area contributed by atoms with Crippen molar-refractivity contribution in [1.82, 2.24) is 4.98 Å². The highest BCUT2D eigenvalue weighted by Gasteiger charge is 1.74. The Balaban J connectivity index is 3.05. The zero-order chi connectivity index (χ0) is 4.41. The minimum absolute atomic E-state index is 1.16. The van der Waals surface area contributed by atoms with Gasteiger partial charge in [-0.3, -0.25) is 0 Å². The number of rotatable bonds is 0. The van der Waals surface area contributed by atoms with Crippen LogP contribution in [0.4, 0.5) is 0 Å². The zero-order valence-corrected chi connectivity index (χ0v) is 3.65. The molecule has 0 aromatic carbocycles. The Morgan fingerprint density at radius 2 is 2.67 bits per heavy atom. The van der Waals surface area contributed by atoms with Crippen molar-refractivity contribution in [3.05, 3.63) is 24.0 Å². The predicted molar refractivity (Wildman–Crippen MR) is 24.4 cm³/mol. The summed E-state index contributed by atoms with van der Waals surface area (Å²) in [6, 6.07) is 2.94. The second kappa shape index (κ2) is 1.17. The first-order chi connectivity index (χ1) is 2.89. The summed E-state index contributed by atoms with van der Waals surface area (Å²) >= 11 is 0. The summed E-state index contributed by atoms with van der Waals surface area (Å²) in [5.74, 6) is 0. The Kier molecular flexibility index (Phi) is 0.675. The summed E-state index contributed by atoms with van der Waals surface area (Å²) in [4.78, 5) is 2.87. The van der Waals surface area contributed by atoms with E-state index < -0.39 is 0 Å². The van der Waals surface area contributed by atoms with E-state index >= 15 is 0 Å². The van der Waals surface area contributed by atoms with E-state index in [1.54, 1.807) is 6.20 Å². The van der Waals surface area contributed by atoms with Crippen LogP contribution in [0.2, 0.25) is 0 Å². The Bertz CT molecular complexity index is 107. The minimum Gasteiger partial charge on any atom is -0.367 e. The first-order valence-corrected chi connectivity index (χ1v) is 1.90. The molecule has 0 fully saturated rings. The van der Waals surface area contributed by atoms with Crippen LogP contribution in [-0.2, 0) is 0 Å². The van der Waals surface area contributed by atoms with E-state index in [-0.39, 0.29) is 0 Å². The molecule has 0 aliphatic heterocycles. The fourth-order valence-electron chi connectivity index (χ4n) is 0.364. The van der Waals surface area contributed by atoms with Crippen LogP contribution in [0.3, 0.4) is 0 Å². The highest BCUT2D eigenvalue weighted by Crippen LogP contribution is 1.87. The molecule has 0 amide bonds. The van der Waals surface area contributed by atoms with E-state index in [0.717, 1.165) is 5.56 Å². The van der Waals surface area contributed by atoms with Crippen LogP contribution >= 0.6 is 0 Å². The molecule has 31 valence electrons. The molecule has 1 heteroatoms. The standard InChI is InChI=1S/C5H6N/c1-5-2-3-6-4-5/h3-4,6H,1H3. The Morgan fingerprint density at radius 1 is 1.83 bits per heavy atom. The lowest BCUT2D eigenvalue weighted by atomic mass is 10.4. The molecule has 0 aliphatic rings. The molecule has 1 rings (SSSR count). The maximum Gasteiger partial charge on any atom is 0.00875 e. The summed E-state index contributed by atoms with van der Waals surface area (Å²) in [5, 5.41) is 0. The third-order valence-electron chi connectivity index (χ3n) is 0.683. The largest absolute Gasteiger partial charge is 0.367 e. The molecule has 1 nitrogen and oxygen atoms in total. The van der Waals surface area contributed by atoms with Crippen LogP contribution in [0.5, 0.6) is 0 Å². The normalized spacial score (nSPS) is 8.83. The molecule has 0 bridgehead atoms. The van der Waals surface area contributed by atoms with Crippen LogP contribution in [0.15, 0.2) is 12.4 Å². The van der Waals surface area contributed by atoms with Gasteiger partial charge in [-0.15, -0.1) is 0 Å². The van der Waals surface area contributed by atoms with Gasteiger partial charge in [0.15, 0.2) is 0 Å². The van der Waals surface area contributed by atoms with Crippen LogP contribution in [0, 0.1) is 13.0 Å². The van der Waals surface area contributed by atoms with Gasteiger partial charge in [0.05, 0.1) is 0 Å². The van der Waals surface area contributed by atoms with Gasteiger partial charge in [-0.1, -0.05) is 0 Å². The van der Waals surface area contributed by atoms with E-state index in [4.69, 9.17) is 0 Å². The van der Waals surface area contributed by atoms with Crippen LogP contribution < -0.4 is 0 Å². The van der Waals surface area contributed by atoms with Crippen molar-refractivity contribution in [1.29, 1.82) is 0 Å². The lowest BCUT2D eigenvalue weighted by Gasteiger charge is -1.64. The Labute approximate surface area is 37.0 Å². The molecule has 0 unspecified atom stereocenters. The van der Waals surface area contributed by atoms with Crippen molar-refractivity contribution in [2.75, 3.05) is 0 Å². The van der Waals surface area contributed by atoms with Gasteiger partial charge < -0.3 is 4.98 Å². The van der Waals surface area contributed by atoms with E-state index in [2.05, 4.69) is 11.1 Å². The van der Waals surface area contributed by atoms with Crippen molar-refractivity contribution in [3.63, 3.8) is 0 Å². The molecular formula is C5H6N. The zero-order valence-electron chi connectivity index (χ0n) is 3.65. The first-order valence-electron chi connectivity index (χ1n) is 1.90. The SMILES string of the molecule is Cc1[c]c[nH]c1. The fourth-order valence-corrected chi connectivity index (χ4v) is 0.364. The summed E-state index contributed by atoms with van der Waals surface area (Å²) in [5.41, 5.74) is 1.16. The van der Waals surface area contributed by atoms with E-state index in [1.165, 1.54) is 0 Å². The minimum atomic E-state index is 1.16. The average molecular weight is 80.1 g/mol. The van der Waals surface area contributed by atoms with Crippen molar-refractivity contribution >= 4 is 0 Å². The predicted octanol–water partition coefficient (Wildman–Crippen LogP) is 1.12. The van der Waals surface area contributed by atoms with Crippen molar-refractivity contribution in [2.45, 2.75) is 6.92 Å². The number of aromatic amines is 1. The molecule has 0 saturated heterocycles. The lowest BCUT2D eigenvalue weighted by Crippen LogP contribution is -1.51. The van der Waals surface area contributed by atoms with Crippen LogP contribution in [-0.4, -0.2) is 4.98 Å². The fraction of sp³-hybridized carbons (Fsp3) is 0.200. The van der Waals surface area contributed by atoms with Crippen LogP contribution in [0.1, 0.15) is 5.56 Å². The van der Waals surface area contributed by atoms with Crippen molar-refractivity contribution < 1.29 is 0 Å². The van der Waals surface area contributed by atoms with Crippen molar-refractivity contribution in [3.8, 4) is 0 Å². The molecular weight excluding hydrogens is 74.1 g/mol. The summed E-state index contributed by atoms with van der Waals surface area (Å²) in [6.07, 6.45) is 3.69. The monoisotopic (exact) mass is 80.1 g/mol. The molecule has 0 spiro atoms. The first kappa shape index (κ1) is 3.47. The smallest absolute Gasteiger partial charge is 0.00875 e. The third-order valence-corrected chi connectivity index (χ3v) is 0.683. The lowest BCUT2D eigenvalue weighted by molar-refractivity contribution is 1.39. The maximum absolute atomic E-state index is 2.94. The van der Waals surface area contributed by atoms with Gasteiger partial charge in [0.2, 0.25) is 0 Å². The third kappa shape index (κ3) is 0.432. The second-order valence-corrected chi connectivity index (χ2v) is 1.28. The molecule has 1 N–H and O–H groups in total. The van der Waals surface area contributed by atoms with Gasteiger partial charge in [-0.05, 0) is 12.5 Å². The molecule has 0 saturated carbocycles. The van der Waals surface area contributed by atoms with E-state index in [0.29, 0.717) is 0 Å². The van der Waals surface area contributed by atoms with Gasteiger partial charge in [-0.25, -0.2) is 0 Å². The van der Waals surface area contributed by atoms with Gasteiger partial charge in [0.1, 0.15) is 0 Å². The van der Waals surface area contributed by atoms with Gasteiger partial charge in [0, 0.05) is 18.5 Å². The molecule has 0 atom stereocenters. The number of hydrogen-bond acceptors (Lipinski definition) is 0. The molecule has 1 aromatic rings. The number of aryl methyl sites for hydroxylation is 1. The van der Waals surface area contributed by atoms with Gasteiger partial charge >= 0.3 is 0 Å². The molecule has 1 aromatic heterocycles. The number of aromatic nitrogens is 1. The molecule has 6 heavy (non-hydrogen) atoms. The Hall–Kier alpha value is -0.720. The highest BCUT2D eigenvalue weighted by atomic mass is 14.6. The quantitative estimate of drug-likeness (QED) is 0.480. The Morgan fingerprint density at radius 3 is 2.83 bits per heavy atom. The summed E-state index contributed by atoms with van der Waals surface area (Å²) < 4.78 is 0. The topological polar surface area (TPSA) is 15.8 Å². The number of H-pyrrole nitrogens is 1. The molecule has 1 heterocycles. The van der Waals surface area contributed by atoms with Gasteiger partial charge in [-0.2, -0.15) is 0 Å². The molecule has 0 aliphatic carbocycles. The molecule has 1 radical (unpaired) electrons. The second-order valence-electron chi connectivity index (χ2n) is 1.28. The summed E-state index contributed by atoms with van der Waals surface area (Å²) in [6.45, 7) is 2.00. The average Bonchev–Trinajstić information content (AvgIpc) is 1.86. The van der Waals surface area contributed by atoms with E-state index in [9.17, 15) is 0 Å². The van der Waals surface area contributed by atoms with E-state index in [1.807, 2.05) is 13.1 Å². The van der Waals surface area contributed by atoms with Gasteiger partial charge in [0.25, 0.3) is 0 Å². The number of hydrogen-bond donors (Lipinski definition) is 1. The van der Waals surface area contributed by atoms with Crippen LogP contribution in [0.25, 0.3) is 0 Å². The summed E-state index contributed by atoms with van der Waals surface area (Å²) in [7, 11) is 0. The number of nitrogens with one attached hydrogen (secondary N) is 1. The van der Waals surface area contributed by atoms with Crippen molar-refractivity contribution in [2.24, 2.45) is 0 Å². The highest BCUT2D eigenvalue weighted by molar-refractivity contribution is 5.01.